The molecule has 0 spiro atoms. The van der Waals surface area contributed by atoms with E-state index in [0.29, 0.717) is 6.42 Å². The molecule has 4 rings (SSSR count). The van der Waals surface area contributed by atoms with E-state index in [4.69, 9.17) is 10.8 Å². The summed E-state index contributed by atoms with van der Waals surface area (Å²) in [6, 6.07) is 18.0. The molecule has 0 aliphatic carbocycles. The first kappa shape index (κ1) is 13.0. The number of carbonyl (C=O) groups is 1. The van der Waals surface area contributed by atoms with Gasteiger partial charge in [0.2, 0.25) is 0 Å². The van der Waals surface area contributed by atoms with Gasteiger partial charge >= 0.3 is 5.97 Å². The Morgan fingerprint density at radius 3 is 1.95 bits per heavy atom. The third-order valence-electron chi connectivity index (χ3n) is 4.30. The van der Waals surface area contributed by atoms with E-state index < -0.39 is 12.0 Å². The van der Waals surface area contributed by atoms with E-state index in [1.54, 1.807) is 0 Å². The predicted molar refractivity (Wildman–Crippen MR) is 89.5 cm³/mol. The van der Waals surface area contributed by atoms with Crippen LogP contribution in [0.3, 0.4) is 0 Å². The number of hydrogen-bond acceptors (Lipinski definition) is 2. The van der Waals surface area contributed by atoms with Crippen molar-refractivity contribution >= 4 is 38.3 Å². The van der Waals surface area contributed by atoms with Gasteiger partial charge in [0.05, 0.1) is 0 Å². The fourth-order valence-corrected chi connectivity index (χ4v) is 3.28. The molecule has 0 aromatic heterocycles. The molecule has 0 fully saturated rings. The van der Waals surface area contributed by atoms with Crippen LogP contribution in [0.1, 0.15) is 5.56 Å². The van der Waals surface area contributed by atoms with Crippen LogP contribution in [0.15, 0.2) is 54.6 Å². The average molecular weight is 289 g/mol. The lowest BCUT2D eigenvalue weighted by Crippen LogP contribution is -2.32. The Balaban J connectivity index is 1.99. The lowest BCUT2D eigenvalue weighted by molar-refractivity contribution is -0.138. The number of aliphatic carboxylic acids is 1. The number of hydrogen-bond donors (Lipinski definition) is 2. The second kappa shape index (κ2) is 4.68. The van der Waals surface area contributed by atoms with Crippen molar-refractivity contribution in [3.8, 4) is 0 Å². The predicted octanol–water partition coefficient (Wildman–Crippen LogP) is 3.54. The van der Waals surface area contributed by atoms with Gasteiger partial charge in [0.15, 0.2) is 0 Å². The first-order valence-corrected chi connectivity index (χ1v) is 7.28. The molecular formula is C19H15NO2. The minimum atomic E-state index is -0.968. The molecule has 22 heavy (non-hydrogen) atoms. The van der Waals surface area contributed by atoms with E-state index in [2.05, 4.69) is 54.6 Å². The number of nitrogens with two attached hydrogens (primary N) is 1. The molecule has 0 bridgehead atoms. The van der Waals surface area contributed by atoms with Gasteiger partial charge < -0.3 is 10.8 Å². The van der Waals surface area contributed by atoms with Gasteiger partial charge in [0.25, 0.3) is 0 Å². The summed E-state index contributed by atoms with van der Waals surface area (Å²) in [5, 5.41) is 16.2. The van der Waals surface area contributed by atoms with Crippen LogP contribution in [0.4, 0.5) is 0 Å². The minimum Gasteiger partial charge on any atom is -0.480 e. The van der Waals surface area contributed by atoms with E-state index in [1.807, 2.05) is 0 Å². The van der Waals surface area contributed by atoms with E-state index in [0.717, 1.165) is 16.3 Å². The highest BCUT2D eigenvalue weighted by atomic mass is 16.4. The molecular weight excluding hydrogens is 274 g/mol. The SMILES string of the molecule is N[C@@H](Cc1cc2ccc3cccc4ccc(c1)c2c34)C(=O)O. The van der Waals surface area contributed by atoms with Gasteiger partial charge in [-0.25, -0.2) is 0 Å². The van der Waals surface area contributed by atoms with Crippen molar-refractivity contribution in [2.75, 3.05) is 0 Å². The van der Waals surface area contributed by atoms with Gasteiger partial charge in [-0.05, 0) is 44.3 Å². The Hall–Kier alpha value is -2.65. The van der Waals surface area contributed by atoms with Gasteiger partial charge in [-0.2, -0.15) is 0 Å². The van der Waals surface area contributed by atoms with Crippen LogP contribution in [0.5, 0.6) is 0 Å². The van der Waals surface area contributed by atoms with E-state index in [9.17, 15) is 4.79 Å². The molecule has 0 saturated carbocycles. The molecule has 3 N–H and O–H groups in total. The number of carboxylic acid groups (broad SMARTS) is 1. The van der Waals surface area contributed by atoms with Crippen LogP contribution in [-0.4, -0.2) is 17.1 Å². The molecule has 0 aliphatic heterocycles. The Bertz CT molecular complexity index is 942. The zero-order valence-electron chi connectivity index (χ0n) is 11.9. The Morgan fingerprint density at radius 2 is 1.41 bits per heavy atom. The number of carboxylic acids is 1. The third-order valence-corrected chi connectivity index (χ3v) is 4.30. The monoisotopic (exact) mass is 289 g/mol. The van der Waals surface area contributed by atoms with Crippen molar-refractivity contribution in [1.29, 1.82) is 0 Å². The Labute approximate surface area is 127 Å². The van der Waals surface area contributed by atoms with E-state index in [-0.39, 0.29) is 0 Å². The summed E-state index contributed by atoms with van der Waals surface area (Å²) in [6.45, 7) is 0. The highest BCUT2D eigenvalue weighted by Gasteiger charge is 2.14. The molecule has 3 nitrogen and oxygen atoms in total. The van der Waals surface area contributed by atoms with Crippen molar-refractivity contribution in [3.05, 3.63) is 60.2 Å². The van der Waals surface area contributed by atoms with Crippen LogP contribution in [-0.2, 0) is 11.2 Å². The molecule has 0 saturated heterocycles. The molecule has 3 heteroatoms. The maximum atomic E-state index is 11.0. The van der Waals surface area contributed by atoms with Crippen LogP contribution in [0.2, 0.25) is 0 Å². The van der Waals surface area contributed by atoms with Gasteiger partial charge in [0, 0.05) is 0 Å². The highest BCUT2D eigenvalue weighted by molar-refractivity contribution is 6.23. The molecule has 0 heterocycles. The summed E-state index contributed by atoms with van der Waals surface area (Å²) in [5.74, 6) is -0.968. The standard InChI is InChI=1S/C19H15NO2/c20-16(19(21)22)10-11-8-14-6-4-12-2-1-3-13-5-7-15(9-11)18(14)17(12)13/h1-9,16H,10,20H2,(H,21,22)/t16-/m0/s1. The maximum absolute atomic E-state index is 11.0. The van der Waals surface area contributed by atoms with Crippen molar-refractivity contribution < 1.29 is 9.90 Å². The first-order valence-electron chi connectivity index (χ1n) is 7.28. The molecule has 4 aromatic rings. The van der Waals surface area contributed by atoms with Crippen LogP contribution in [0.25, 0.3) is 32.3 Å². The summed E-state index contributed by atoms with van der Waals surface area (Å²) in [7, 11) is 0. The van der Waals surface area contributed by atoms with E-state index in [1.165, 1.54) is 21.5 Å². The molecule has 1 atom stereocenters. The Morgan fingerprint density at radius 1 is 0.909 bits per heavy atom. The van der Waals surface area contributed by atoms with Gasteiger partial charge in [0.1, 0.15) is 6.04 Å². The molecule has 0 radical (unpaired) electrons. The molecule has 108 valence electrons. The number of rotatable bonds is 3. The zero-order valence-corrected chi connectivity index (χ0v) is 11.9. The maximum Gasteiger partial charge on any atom is 0.320 e. The molecule has 4 aromatic carbocycles. The lowest BCUT2D eigenvalue weighted by atomic mass is 9.92. The summed E-state index contributed by atoms with van der Waals surface area (Å²) in [5.41, 5.74) is 6.63. The molecule has 0 aliphatic rings. The van der Waals surface area contributed by atoms with Crippen LogP contribution < -0.4 is 5.73 Å². The van der Waals surface area contributed by atoms with Gasteiger partial charge in [-0.1, -0.05) is 54.6 Å². The summed E-state index contributed by atoms with van der Waals surface area (Å²) >= 11 is 0. The highest BCUT2D eigenvalue weighted by Crippen LogP contribution is 2.35. The fourth-order valence-electron chi connectivity index (χ4n) is 3.28. The second-order valence-electron chi connectivity index (χ2n) is 5.78. The average Bonchev–Trinajstić information content (AvgIpc) is 2.52. The third kappa shape index (κ3) is 1.90. The largest absolute Gasteiger partial charge is 0.480 e. The topological polar surface area (TPSA) is 63.3 Å². The number of benzene rings is 4. The Kier molecular flexibility index (Phi) is 2.78. The summed E-state index contributed by atoms with van der Waals surface area (Å²) < 4.78 is 0. The zero-order chi connectivity index (χ0) is 15.3. The lowest BCUT2D eigenvalue weighted by Gasteiger charge is -2.13. The van der Waals surface area contributed by atoms with Crippen molar-refractivity contribution in [3.63, 3.8) is 0 Å². The summed E-state index contributed by atoms with van der Waals surface area (Å²) in [6.07, 6.45) is 0.339. The van der Waals surface area contributed by atoms with Gasteiger partial charge in [-0.3, -0.25) is 4.79 Å². The van der Waals surface area contributed by atoms with Gasteiger partial charge in [-0.15, -0.1) is 0 Å². The minimum absolute atomic E-state index is 0.339. The first-order chi connectivity index (χ1) is 10.6. The molecule has 0 unspecified atom stereocenters. The molecule has 0 amide bonds. The van der Waals surface area contributed by atoms with Crippen molar-refractivity contribution in [2.45, 2.75) is 12.5 Å². The van der Waals surface area contributed by atoms with Crippen molar-refractivity contribution in [1.82, 2.24) is 0 Å². The smallest absolute Gasteiger partial charge is 0.320 e. The second-order valence-corrected chi connectivity index (χ2v) is 5.78. The van der Waals surface area contributed by atoms with Crippen LogP contribution >= 0.6 is 0 Å². The van der Waals surface area contributed by atoms with Crippen molar-refractivity contribution in [2.24, 2.45) is 5.73 Å². The quantitative estimate of drug-likeness (QED) is 0.567. The fraction of sp³-hybridized carbons (Fsp3) is 0.105. The van der Waals surface area contributed by atoms with Crippen LogP contribution in [0, 0.1) is 0 Å². The normalized spacial score (nSPS) is 13.1. The van der Waals surface area contributed by atoms with E-state index >= 15 is 0 Å². The summed E-state index contributed by atoms with van der Waals surface area (Å²) in [4.78, 5) is 11.0.